The molecule has 0 N–H and O–H groups in total. The quantitative estimate of drug-likeness (QED) is 0.111. The van der Waals surface area contributed by atoms with Gasteiger partial charge in [-0.1, -0.05) is 90.5 Å². The van der Waals surface area contributed by atoms with Crippen LogP contribution in [-0.2, 0) is 27.8 Å². The number of benzene rings is 4. The number of anilines is 1. The summed E-state index contributed by atoms with van der Waals surface area (Å²) in [4.78, 5) is 15.6. The Morgan fingerprint density at radius 2 is 1.48 bits per heavy atom. The van der Waals surface area contributed by atoms with Crippen molar-refractivity contribution in [2.24, 2.45) is 0 Å². The van der Waals surface area contributed by atoms with E-state index in [1.54, 1.807) is 18.0 Å². The number of hydrogen-bond donors (Lipinski definition) is 0. The number of rotatable bonds is 13. The number of halogens is 4. The topological polar surface area (TPSA) is 42.0 Å². The molecule has 4 aromatic rings. The fourth-order valence-electron chi connectivity index (χ4n) is 5.25. The van der Waals surface area contributed by atoms with Crippen LogP contribution in [0.25, 0.3) is 0 Å². The molecular formula is C35H36ClF3N2O3. The van der Waals surface area contributed by atoms with Gasteiger partial charge >= 0.3 is 12.1 Å². The molecule has 0 aromatic heterocycles. The lowest BCUT2D eigenvalue weighted by Crippen LogP contribution is -2.45. The molecule has 232 valence electrons. The van der Waals surface area contributed by atoms with Gasteiger partial charge in [-0.2, -0.15) is 13.2 Å². The van der Waals surface area contributed by atoms with Crippen LogP contribution in [0.3, 0.4) is 0 Å². The Morgan fingerprint density at radius 1 is 0.864 bits per heavy atom. The average molecular weight is 625 g/mol. The number of likely N-dealkylation sites (N-methyl/N-ethyl adjacent to an activating group) is 1. The van der Waals surface area contributed by atoms with Gasteiger partial charge in [-0.15, -0.1) is 0 Å². The molecule has 0 saturated heterocycles. The first-order valence-electron chi connectivity index (χ1n) is 14.3. The van der Waals surface area contributed by atoms with Gasteiger partial charge in [-0.05, 0) is 48.2 Å². The van der Waals surface area contributed by atoms with Crippen molar-refractivity contribution in [3.8, 4) is 5.75 Å². The molecule has 0 amide bonds. The van der Waals surface area contributed by atoms with Crippen molar-refractivity contribution in [2.45, 2.75) is 31.6 Å². The van der Waals surface area contributed by atoms with Gasteiger partial charge in [0, 0.05) is 31.9 Å². The number of carbonyl (C=O) groups is 1. The number of alkyl halides is 3. The first kappa shape index (κ1) is 32.9. The van der Waals surface area contributed by atoms with Gasteiger partial charge in [0.1, 0.15) is 12.3 Å². The summed E-state index contributed by atoms with van der Waals surface area (Å²) in [6.07, 6.45) is -3.98. The molecule has 5 nitrogen and oxygen atoms in total. The Morgan fingerprint density at radius 3 is 2.07 bits per heavy atom. The maximum absolute atomic E-state index is 13.8. The zero-order valence-electron chi connectivity index (χ0n) is 25.0. The number of ether oxygens (including phenoxy) is 2. The smallest absolute Gasteiger partial charge is 0.417 e. The third-order valence-electron chi connectivity index (χ3n) is 7.74. The summed E-state index contributed by atoms with van der Waals surface area (Å²) in [6.45, 7) is 3.22. The van der Waals surface area contributed by atoms with E-state index in [1.807, 2.05) is 84.9 Å². The van der Waals surface area contributed by atoms with Crippen molar-refractivity contribution in [2.75, 3.05) is 38.8 Å². The van der Waals surface area contributed by atoms with Crippen LogP contribution in [0.15, 0.2) is 103 Å². The first-order chi connectivity index (χ1) is 21.0. The highest BCUT2D eigenvalue weighted by Gasteiger charge is 2.37. The molecule has 0 unspecified atom stereocenters. The number of methoxy groups -OCH3 is 1. The lowest BCUT2D eigenvalue weighted by atomic mass is 9.82. The molecule has 0 heterocycles. The Kier molecular flexibility index (Phi) is 10.9. The van der Waals surface area contributed by atoms with E-state index >= 15 is 0 Å². The minimum Gasteiger partial charge on any atom is -0.493 e. The van der Waals surface area contributed by atoms with Crippen molar-refractivity contribution >= 4 is 23.3 Å². The largest absolute Gasteiger partial charge is 0.493 e. The van der Waals surface area contributed by atoms with E-state index in [9.17, 15) is 18.0 Å². The molecule has 0 saturated carbocycles. The van der Waals surface area contributed by atoms with Crippen molar-refractivity contribution in [1.82, 2.24) is 4.90 Å². The number of nitrogens with zero attached hydrogens (tertiary/aromatic N) is 2. The van der Waals surface area contributed by atoms with E-state index in [-0.39, 0.29) is 24.1 Å². The van der Waals surface area contributed by atoms with E-state index in [1.165, 1.54) is 13.2 Å². The summed E-state index contributed by atoms with van der Waals surface area (Å²) in [7, 11) is 3.14. The Balaban J connectivity index is 1.61. The van der Waals surface area contributed by atoms with Crippen LogP contribution in [-0.4, -0.2) is 44.7 Å². The van der Waals surface area contributed by atoms with Gasteiger partial charge in [-0.3, -0.25) is 9.69 Å². The molecule has 0 spiro atoms. The van der Waals surface area contributed by atoms with Gasteiger partial charge in [0.25, 0.3) is 0 Å². The predicted octanol–water partition coefficient (Wildman–Crippen LogP) is 8.20. The van der Waals surface area contributed by atoms with E-state index in [0.717, 1.165) is 22.9 Å². The molecular weight excluding hydrogens is 589 g/mol. The maximum atomic E-state index is 13.8. The summed E-state index contributed by atoms with van der Waals surface area (Å²) >= 11 is 6.40. The van der Waals surface area contributed by atoms with E-state index in [0.29, 0.717) is 30.9 Å². The second-order valence-corrected chi connectivity index (χ2v) is 11.0. The molecule has 0 bridgehead atoms. The molecule has 44 heavy (non-hydrogen) atoms. The highest BCUT2D eigenvalue weighted by molar-refractivity contribution is 6.32. The first-order valence-corrected chi connectivity index (χ1v) is 14.6. The minimum atomic E-state index is -4.56. The summed E-state index contributed by atoms with van der Waals surface area (Å²) < 4.78 is 52.1. The van der Waals surface area contributed by atoms with Gasteiger partial charge in [0.2, 0.25) is 0 Å². The summed E-state index contributed by atoms with van der Waals surface area (Å²) in [5.74, 6) is 0.292. The number of esters is 1. The second kappa shape index (κ2) is 14.6. The van der Waals surface area contributed by atoms with Crippen LogP contribution < -0.4 is 9.64 Å². The molecule has 0 aliphatic carbocycles. The van der Waals surface area contributed by atoms with Crippen LogP contribution in [0.1, 0.15) is 35.6 Å². The van der Waals surface area contributed by atoms with Crippen LogP contribution in [0.2, 0.25) is 5.02 Å². The Labute approximate surface area is 261 Å². The average Bonchev–Trinajstić information content (AvgIpc) is 3.03. The van der Waals surface area contributed by atoms with Crippen LogP contribution >= 0.6 is 11.6 Å². The van der Waals surface area contributed by atoms with E-state index in [4.69, 9.17) is 21.1 Å². The third kappa shape index (κ3) is 7.92. The molecule has 0 aliphatic rings. The van der Waals surface area contributed by atoms with Crippen molar-refractivity contribution in [1.29, 1.82) is 0 Å². The van der Waals surface area contributed by atoms with Crippen molar-refractivity contribution in [3.63, 3.8) is 0 Å². The number of carbonyl (C=O) groups excluding carboxylic acids is 1. The fraction of sp³-hybridized carbons (Fsp3) is 0.286. The highest BCUT2D eigenvalue weighted by Crippen LogP contribution is 2.40. The van der Waals surface area contributed by atoms with Crippen LogP contribution in [0, 0.1) is 0 Å². The molecule has 9 heteroatoms. The lowest BCUT2D eigenvalue weighted by Gasteiger charge is -2.43. The zero-order chi connectivity index (χ0) is 31.7. The van der Waals surface area contributed by atoms with Gasteiger partial charge in [-0.25, -0.2) is 0 Å². The molecule has 4 aromatic carbocycles. The lowest BCUT2D eigenvalue weighted by molar-refractivity contribution is -0.139. The normalized spacial score (nSPS) is 11.8. The van der Waals surface area contributed by atoms with E-state index in [2.05, 4.69) is 11.8 Å². The zero-order valence-corrected chi connectivity index (χ0v) is 25.7. The van der Waals surface area contributed by atoms with Gasteiger partial charge < -0.3 is 14.4 Å². The van der Waals surface area contributed by atoms with Gasteiger partial charge in [0.15, 0.2) is 0 Å². The van der Waals surface area contributed by atoms with E-state index < -0.39 is 17.3 Å². The minimum absolute atomic E-state index is 0.102. The van der Waals surface area contributed by atoms with Crippen molar-refractivity contribution < 1.29 is 27.4 Å². The molecule has 0 aliphatic heterocycles. The summed E-state index contributed by atoms with van der Waals surface area (Å²) in [6, 6.07) is 31.3. The Bertz CT molecular complexity index is 1480. The maximum Gasteiger partial charge on any atom is 0.417 e. The second-order valence-electron chi connectivity index (χ2n) is 10.6. The third-order valence-corrected chi connectivity index (χ3v) is 8.19. The van der Waals surface area contributed by atoms with Crippen molar-refractivity contribution in [3.05, 3.63) is 130 Å². The number of hydrogen-bond acceptors (Lipinski definition) is 5. The SMILES string of the molecule is COC(=O)CN(C)c1cccc(OCCCN(Cc2cccc(C(F)(F)F)c2Cl)C(C)(c2ccccc2)c2ccccc2)c1. The highest BCUT2D eigenvalue weighted by atomic mass is 35.5. The molecule has 4 rings (SSSR count). The predicted molar refractivity (Wildman–Crippen MR) is 168 cm³/mol. The van der Waals surface area contributed by atoms with Crippen LogP contribution in [0.5, 0.6) is 5.75 Å². The fourth-order valence-corrected chi connectivity index (χ4v) is 5.54. The summed E-state index contributed by atoms with van der Waals surface area (Å²) in [5.41, 5.74) is 1.64. The Hall–Kier alpha value is -4.01. The summed E-state index contributed by atoms with van der Waals surface area (Å²) in [5, 5.41) is -0.294. The van der Waals surface area contributed by atoms with Gasteiger partial charge in [0.05, 0.1) is 29.8 Å². The standard InChI is InChI=1S/C35H36ClF3N2O3/c1-34(27-14-6-4-7-15-27,28-16-8-5-9-17-28)41(24-26-13-10-20-31(33(26)36)35(37,38)39)21-12-22-44-30-19-11-18-29(23-30)40(2)25-32(42)43-3/h4-11,13-20,23H,12,21-22,24-25H2,1-3H3. The molecule has 0 radical (unpaired) electrons. The molecule has 0 fully saturated rings. The monoisotopic (exact) mass is 624 g/mol. The van der Waals surface area contributed by atoms with Crippen LogP contribution in [0.4, 0.5) is 18.9 Å². The molecule has 0 atom stereocenters.